The van der Waals surface area contributed by atoms with E-state index in [1.54, 1.807) is 0 Å². The maximum atomic E-state index is 12.2. The van der Waals surface area contributed by atoms with Gasteiger partial charge in [0, 0.05) is 13.1 Å². The van der Waals surface area contributed by atoms with E-state index in [0.717, 1.165) is 6.54 Å². The molecule has 0 saturated heterocycles. The molecular formula is C13H28NO3P. The zero-order valence-electron chi connectivity index (χ0n) is 12.0. The van der Waals surface area contributed by atoms with Gasteiger partial charge < -0.3 is 14.4 Å². The summed E-state index contributed by atoms with van der Waals surface area (Å²) in [6.07, 6.45) is 5.75. The highest BCUT2D eigenvalue weighted by Gasteiger charge is 2.28. The molecule has 18 heavy (non-hydrogen) atoms. The minimum Gasteiger partial charge on any atom is -0.316 e. The van der Waals surface area contributed by atoms with Gasteiger partial charge in [0.1, 0.15) is 0 Å². The maximum Gasteiger partial charge on any atom is 0.331 e. The molecule has 1 rings (SSSR count). The Morgan fingerprint density at radius 2 is 1.72 bits per heavy atom. The Morgan fingerprint density at radius 3 is 2.22 bits per heavy atom. The second-order valence-electron chi connectivity index (χ2n) is 5.36. The Kier molecular flexibility index (Phi) is 6.86. The first-order chi connectivity index (χ1) is 8.54. The molecule has 0 amide bonds. The molecule has 0 atom stereocenters. The molecular weight excluding hydrogens is 249 g/mol. The topological polar surface area (TPSA) is 47.6 Å². The van der Waals surface area contributed by atoms with Crippen LogP contribution in [0.15, 0.2) is 0 Å². The quantitative estimate of drug-likeness (QED) is 0.518. The monoisotopic (exact) mass is 277 g/mol. The van der Waals surface area contributed by atoms with Crippen LogP contribution in [0, 0.1) is 5.41 Å². The van der Waals surface area contributed by atoms with E-state index in [0.29, 0.717) is 31.3 Å². The first-order valence-corrected chi connectivity index (χ1v) is 8.85. The van der Waals surface area contributed by atoms with Gasteiger partial charge in [0.2, 0.25) is 0 Å². The molecule has 0 bridgehead atoms. The molecule has 4 nitrogen and oxygen atoms in total. The third-order valence-electron chi connectivity index (χ3n) is 3.58. The summed E-state index contributed by atoms with van der Waals surface area (Å²) in [5.41, 5.74) is 0.432. The zero-order valence-corrected chi connectivity index (χ0v) is 12.9. The molecule has 1 fully saturated rings. The van der Waals surface area contributed by atoms with Crippen molar-refractivity contribution in [2.75, 3.05) is 32.5 Å². The maximum absolute atomic E-state index is 12.2. The average Bonchev–Trinajstić information content (AvgIpc) is 2.73. The molecule has 0 aromatic carbocycles. The summed E-state index contributed by atoms with van der Waals surface area (Å²) in [4.78, 5) is 0. The highest BCUT2D eigenvalue weighted by Crippen LogP contribution is 2.47. The van der Waals surface area contributed by atoms with Crippen LogP contribution in [0.2, 0.25) is 0 Å². The lowest BCUT2D eigenvalue weighted by atomic mass is 9.89. The molecule has 108 valence electrons. The van der Waals surface area contributed by atoms with Crippen molar-refractivity contribution in [3.63, 3.8) is 0 Å². The molecule has 1 aliphatic carbocycles. The van der Waals surface area contributed by atoms with Crippen LogP contribution < -0.4 is 5.32 Å². The fourth-order valence-electron chi connectivity index (χ4n) is 2.57. The molecule has 0 aliphatic heterocycles. The summed E-state index contributed by atoms with van der Waals surface area (Å²) >= 11 is 0. The Bertz CT molecular complexity index is 267. The number of hydrogen-bond donors (Lipinski definition) is 1. The minimum absolute atomic E-state index is 0.432. The highest BCUT2D eigenvalue weighted by atomic mass is 31.2. The van der Waals surface area contributed by atoms with Crippen LogP contribution in [-0.4, -0.2) is 32.5 Å². The average molecular weight is 277 g/mol. The predicted molar refractivity (Wildman–Crippen MR) is 75.2 cm³/mol. The normalized spacial score (nSPS) is 19.3. The van der Waals surface area contributed by atoms with E-state index in [1.807, 2.05) is 13.8 Å². The van der Waals surface area contributed by atoms with Crippen LogP contribution in [0.4, 0.5) is 0 Å². The summed E-state index contributed by atoms with van der Waals surface area (Å²) in [7, 11) is -2.87. The van der Waals surface area contributed by atoms with Crippen LogP contribution in [-0.2, 0) is 13.6 Å². The smallest absolute Gasteiger partial charge is 0.316 e. The van der Waals surface area contributed by atoms with E-state index >= 15 is 0 Å². The third-order valence-corrected chi connectivity index (χ3v) is 5.65. The van der Waals surface area contributed by atoms with Gasteiger partial charge in [0.15, 0.2) is 0 Å². The lowest BCUT2D eigenvalue weighted by Crippen LogP contribution is -2.31. The molecule has 0 unspecified atom stereocenters. The van der Waals surface area contributed by atoms with Crippen LogP contribution in [0.1, 0.15) is 46.5 Å². The summed E-state index contributed by atoms with van der Waals surface area (Å²) in [5, 5.41) is 3.41. The van der Waals surface area contributed by atoms with Crippen molar-refractivity contribution in [1.29, 1.82) is 0 Å². The van der Waals surface area contributed by atoms with Gasteiger partial charge in [-0.25, -0.2) is 0 Å². The summed E-state index contributed by atoms with van der Waals surface area (Å²) in [5.74, 6) is 0. The van der Waals surface area contributed by atoms with Gasteiger partial charge >= 0.3 is 7.60 Å². The van der Waals surface area contributed by atoms with E-state index in [4.69, 9.17) is 9.05 Å². The van der Waals surface area contributed by atoms with E-state index in [2.05, 4.69) is 12.2 Å². The third kappa shape index (κ3) is 5.40. The van der Waals surface area contributed by atoms with E-state index in [-0.39, 0.29) is 0 Å². The van der Waals surface area contributed by atoms with Crippen LogP contribution in [0.25, 0.3) is 0 Å². The SMILES string of the molecule is CCOP(=O)(CCNCC1(C)CCCC1)OCC. The number of rotatable bonds is 9. The Labute approximate surface area is 111 Å². The summed E-state index contributed by atoms with van der Waals surface area (Å²) < 4.78 is 22.7. The lowest BCUT2D eigenvalue weighted by Gasteiger charge is -2.24. The molecule has 5 heteroatoms. The molecule has 0 heterocycles. The van der Waals surface area contributed by atoms with Crippen molar-refractivity contribution in [2.45, 2.75) is 46.5 Å². The first kappa shape index (κ1) is 16.2. The van der Waals surface area contributed by atoms with E-state index in [9.17, 15) is 4.57 Å². The van der Waals surface area contributed by atoms with Crippen molar-refractivity contribution in [3.05, 3.63) is 0 Å². The van der Waals surface area contributed by atoms with Crippen molar-refractivity contribution in [3.8, 4) is 0 Å². The Balaban J connectivity index is 2.24. The predicted octanol–water partition coefficient (Wildman–Crippen LogP) is 3.42. The molecule has 0 aromatic heterocycles. The Hall–Kier alpha value is 0.110. The summed E-state index contributed by atoms with van der Waals surface area (Å²) in [6, 6.07) is 0. The second-order valence-corrected chi connectivity index (χ2v) is 7.55. The van der Waals surface area contributed by atoms with Gasteiger partial charge in [0.25, 0.3) is 0 Å². The molecule has 0 aromatic rings. The van der Waals surface area contributed by atoms with Crippen LogP contribution >= 0.6 is 7.60 Å². The van der Waals surface area contributed by atoms with Crippen molar-refractivity contribution >= 4 is 7.60 Å². The second kappa shape index (κ2) is 7.64. The molecule has 0 radical (unpaired) electrons. The van der Waals surface area contributed by atoms with Gasteiger partial charge in [-0.05, 0) is 32.1 Å². The molecule has 1 aliphatic rings. The molecule has 0 spiro atoms. The Morgan fingerprint density at radius 1 is 1.17 bits per heavy atom. The van der Waals surface area contributed by atoms with Gasteiger partial charge in [-0.1, -0.05) is 19.8 Å². The van der Waals surface area contributed by atoms with Crippen molar-refractivity contribution in [2.24, 2.45) is 5.41 Å². The number of nitrogens with one attached hydrogen (secondary N) is 1. The fraction of sp³-hybridized carbons (Fsp3) is 1.00. The highest BCUT2D eigenvalue weighted by molar-refractivity contribution is 7.53. The van der Waals surface area contributed by atoms with Crippen molar-refractivity contribution in [1.82, 2.24) is 5.32 Å². The summed E-state index contributed by atoms with van der Waals surface area (Å²) in [6.45, 7) is 8.61. The van der Waals surface area contributed by atoms with Crippen LogP contribution in [0.5, 0.6) is 0 Å². The molecule has 1 N–H and O–H groups in total. The van der Waals surface area contributed by atoms with Gasteiger partial charge in [-0.2, -0.15) is 0 Å². The standard InChI is InChI=1S/C13H28NO3P/c1-4-16-18(15,17-5-2)11-10-14-12-13(3)8-6-7-9-13/h14H,4-12H2,1-3H3. The van der Waals surface area contributed by atoms with Crippen LogP contribution in [0.3, 0.4) is 0 Å². The molecule has 1 saturated carbocycles. The van der Waals surface area contributed by atoms with Gasteiger partial charge in [-0.3, -0.25) is 4.57 Å². The zero-order chi connectivity index (χ0) is 13.5. The first-order valence-electron chi connectivity index (χ1n) is 7.12. The van der Waals surface area contributed by atoms with Crippen molar-refractivity contribution < 1.29 is 13.6 Å². The number of hydrogen-bond acceptors (Lipinski definition) is 4. The minimum atomic E-state index is -2.87. The largest absolute Gasteiger partial charge is 0.331 e. The van der Waals surface area contributed by atoms with E-state index in [1.165, 1.54) is 25.7 Å². The van der Waals surface area contributed by atoms with E-state index < -0.39 is 7.60 Å². The van der Waals surface area contributed by atoms with Gasteiger partial charge in [-0.15, -0.1) is 0 Å². The fourth-order valence-corrected chi connectivity index (χ4v) is 4.12. The lowest BCUT2D eigenvalue weighted by molar-refractivity contribution is 0.219. The van der Waals surface area contributed by atoms with Gasteiger partial charge in [0.05, 0.1) is 19.4 Å².